The molecular formula is C22H26N2O5S2. The largest absolute Gasteiger partial charge is 0.484 e. The first-order valence-corrected chi connectivity index (χ1v) is 13.1. The first-order valence-electron chi connectivity index (χ1n) is 10.4. The average molecular weight is 463 g/mol. The van der Waals surface area contributed by atoms with Crippen LogP contribution in [0.4, 0.5) is 5.00 Å². The first kappa shape index (κ1) is 21.8. The predicted octanol–water partition coefficient (Wildman–Crippen LogP) is 2.81. The van der Waals surface area contributed by atoms with Gasteiger partial charge in [-0.1, -0.05) is 25.1 Å². The van der Waals surface area contributed by atoms with Gasteiger partial charge < -0.3 is 15.4 Å². The minimum absolute atomic E-state index is 0.0330. The van der Waals surface area contributed by atoms with Gasteiger partial charge in [0.25, 0.3) is 11.8 Å². The van der Waals surface area contributed by atoms with Gasteiger partial charge in [0.05, 0.1) is 17.1 Å². The summed E-state index contributed by atoms with van der Waals surface area (Å²) in [6.45, 7) is 2.02. The van der Waals surface area contributed by atoms with E-state index >= 15 is 0 Å². The Morgan fingerprint density at radius 2 is 1.97 bits per heavy atom. The van der Waals surface area contributed by atoms with Crippen LogP contribution in [0.5, 0.6) is 5.75 Å². The van der Waals surface area contributed by atoms with Crippen molar-refractivity contribution in [3.63, 3.8) is 0 Å². The van der Waals surface area contributed by atoms with E-state index in [0.717, 1.165) is 29.7 Å². The Balaban J connectivity index is 1.51. The van der Waals surface area contributed by atoms with Gasteiger partial charge in [-0.05, 0) is 49.3 Å². The van der Waals surface area contributed by atoms with Crippen LogP contribution in [0.1, 0.15) is 40.6 Å². The number of nitrogens with one attached hydrogen (secondary N) is 2. The van der Waals surface area contributed by atoms with Gasteiger partial charge in [0.2, 0.25) is 0 Å². The van der Waals surface area contributed by atoms with E-state index in [4.69, 9.17) is 4.74 Å². The molecule has 0 spiro atoms. The number of hydrogen-bond donors (Lipinski definition) is 2. The molecule has 0 bridgehead atoms. The van der Waals surface area contributed by atoms with Gasteiger partial charge in [-0.15, -0.1) is 11.3 Å². The molecule has 1 aromatic heterocycles. The summed E-state index contributed by atoms with van der Waals surface area (Å²) in [7, 11) is -3.10. The SMILES string of the molecule is C[C@H]1CCc2c(sc(NC(=O)COc3ccccc3)c2C(=O)N[C@H]2CCS(=O)(=O)C2)C1. The number of ether oxygens (including phenoxy) is 1. The Kier molecular flexibility index (Phi) is 6.34. The molecule has 2 aromatic rings. The second-order valence-electron chi connectivity index (χ2n) is 8.28. The quantitative estimate of drug-likeness (QED) is 0.687. The molecule has 2 aliphatic rings. The summed E-state index contributed by atoms with van der Waals surface area (Å²) >= 11 is 1.44. The number of carbonyl (C=O) groups is 2. The van der Waals surface area contributed by atoms with Crippen LogP contribution in [-0.4, -0.2) is 44.4 Å². The van der Waals surface area contributed by atoms with Crippen LogP contribution < -0.4 is 15.4 Å². The van der Waals surface area contributed by atoms with Gasteiger partial charge in [0.1, 0.15) is 10.8 Å². The van der Waals surface area contributed by atoms with Crippen molar-refractivity contribution in [3.05, 3.63) is 46.3 Å². The van der Waals surface area contributed by atoms with Gasteiger partial charge in [0.15, 0.2) is 16.4 Å². The molecule has 2 amide bonds. The molecule has 2 heterocycles. The lowest BCUT2D eigenvalue weighted by molar-refractivity contribution is -0.118. The number of hydrogen-bond acceptors (Lipinski definition) is 6. The summed E-state index contributed by atoms with van der Waals surface area (Å²) in [6.07, 6.45) is 3.04. The molecule has 0 unspecified atom stereocenters. The second-order valence-corrected chi connectivity index (χ2v) is 11.6. The predicted molar refractivity (Wildman–Crippen MR) is 121 cm³/mol. The minimum Gasteiger partial charge on any atom is -0.484 e. The average Bonchev–Trinajstić information content (AvgIpc) is 3.25. The van der Waals surface area contributed by atoms with Crippen LogP contribution in [0, 0.1) is 5.92 Å². The van der Waals surface area contributed by atoms with Crippen molar-refractivity contribution in [2.24, 2.45) is 5.92 Å². The Hall–Kier alpha value is -2.39. The zero-order valence-corrected chi connectivity index (χ0v) is 19.0. The molecule has 0 saturated carbocycles. The molecule has 7 nitrogen and oxygen atoms in total. The Morgan fingerprint density at radius 3 is 2.68 bits per heavy atom. The van der Waals surface area contributed by atoms with E-state index < -0.39 is 9.84 Å². The van der Waals surface area contributed by atoms with Crippen LogP contribution in [0.25, 0.3) is 0 Å². The summed E-state index contributed by atoms with van der Waals surface area (Å²) in [5.41, 5.74) is 1.45. The lowest BCUT2D eigenvalue weighted by Gasteiger charge is -2.19. The summed E-state index contributed by atoms with van der Waals surface area (Å²) in [4.78, 5) is 26.8. The van der Waals surface area contributed by atoms with E-state index in [1.807, 2.05) is 18.2 Å². The zero-order valence-electron chi connectivity index (χ0n) is 17.3. The van der Waals surface area contributed by atoms with Crippen molar-refractivity contribution in [1.29, 1.82) is 0 Å². The highest BCUT2D eigenvalue weighted by molar-refractivity contribution is 7.91. The molecule has 2 N–H and O–H groups in total. The molecule has 1 aliphatic heterocycles. The van der Waals surface area contributed by atoms with Crippen molar-refractivity contribution >= 4 is 38.0 Å². The minimum atomic E-state index is -3.10. The normalized spacial score (nSPS) is 21.8. The molecule has 1 aliphatic carbocycles. The molecule has 0 radical (unpaired) electrons. The van der Waals surface area contributed by atoms with Gasteiger partial charge in [0, 0.05) is 10.9 Å². The number of thiophene rings is 1. The zero-order chi connectivity index (χ0) is 22.0. The molecule has 2 atom stereocenters. The fourth-order valence-electron chi connectivity index (χ4n) is 4.07. The molecule has 4 rings (SSSR count). The number of carbonyl (C=O) groups excluding carboxylic acids is 2. The van der Waals surface area contributed by atoms with Crippen molar-refractivity contribution in [1.82, 2.24) is 5.32 Å². The van der Waals surface area contributed by atoms with E-state index in [2.05, 4.69) is 17.6 Å². The van der Waals surface area contributed by atoms with Crippen LogP contribution in [0.15, 0.2) is 30.3 Å². The van der Waals surface area contributed by atoms with Gasteiger partial charge in [-0.3, -0.25) is 9.59 Å². The highest BCUT2D eigenvalue weighted by atomic mass is 32.2. The number of amides is 2. The summed E-state index contributed by atoms with van der Waals surface area (Å²) in [5, 5.41) is 6.24. The Morgan fingerprint density at radius 1 is 1.19 bits per heavy atom. The summed E-state index contributed by atoms with van der Waals surface area (Å²) < 4.78 is 29.0. The molecule has 166 valence electrons. The van der Waals surface area contributed by atoms with Crippen molar-refractivity contribution in [3.8, 4) is 5.75 Å². The number of benzene rings is 1. The molecule has 1 saturated heterocycles. The smallest absolute Gasteiger partial charge is 0.262 e. The van der Waals surface area contributed by atoms with Gasteiger partial charge in [-0.2, -0.15) is 0 Å². The Labute approximate surface area is 186 Å². The van der Waals surface area contributed by atoms with Crippen molar-refractivity contribution in [2.75, 3.05) is 23.4 Å². The van der Waals surface area contributed by atoms with Crippen LogP contribution in [-0.2, 0) is 27.5 Å². The summed E-state index contributed by atoms with van der Waals surface area (Å²) in [5.74, 6) is 0.526. The maximum atomic E-state index is 13.1. The highest BCUT2D eigenvalue weighted by Gasteiger charge is 2.33. The van der Waals surface area contributed by atoms with Crippen molar-refractivity contribution < 1.29 is 22.7 Å². The number of fused-ring (bicyclic) bond motifs is 1. The monoisotopic (exact) mass is 462 g/mol. The summed E-state index contributed by atoms with van der Waals surface area (Å²) in [6, 6.07) is 8.67. The van der Waals surface area contributed by atoms with E-state index in [1.165, 1.54) is 11.3 Å². The van der Waals surface area contributed by atoms with E-state index in [1.54, 1.807) is 12.1 Å². The van der Waals surface area contributed by atoms with Crippen molar-refractivity contribution in [2.45, 2.75) is 38.6 Å². The van der Waals surface area contributed by atoms with E-state index in [-0.39, 0.29) is 36.0 Å². The number of para-hydroxylation sites is 1. The fraction of sp³-hybridized carbons (Fsp3) is 0.455. The van der Waals surface area contributed by atoms with Crippen LogP contribution in [0.2, 0.25) is 0 Å². The maximum absolute atomic E-state index is 13.1. The number of anilines is 1. The fourth-order valence-corrected chi connectivity index (χ4v) is 7.17. The second kappa shape index (κ2) is 9.00. The van der Waals surface area contributed by atoms with Crippen LogP contribution >= 0.6 is 11.3 Å². The lowest BCUT2D eigenvalue weighted by Crippen LogP contribution is -2.36. The third-order valence-electron chi connectivity index (χ3n) is 5.67. The molecule has 1 fully saturated rings. The maximum Gasteiger partial charge on any atom is 0.262 e. The Bertz CT molecular complexity index is 1080. The number of sulfone groups is 1. The lowest BCUT2D eigenvalue weighted by atomic mass is 9.88. The van der Waals surface area contributed by atoms with E-state index in [9.17, 15) is 18.0 Å². The molecular weight excluding hydrogens is 436 g/mol. The third kappa shape index (κ3) is 5.27. The number of rotatable bonds is 6. The van der Waals surface area contributed by atoms with Gasteiger partial charge in [-0.25, -0.2) is 8.42 Å². The first-order chi connectivity index (χ1) is 14.8. The molecule has 31 heavy (non-hydrogen) atoms. The van der Waals surface area contributed by atoms with E-state index in [0.29, 0.717) is 28.7 Å². The molecule has 9 heteroatoms. The molecule has 1 aromatic carbocycles. The standard InChI is InChI=1S/C22H26N2O5S2/c1-14-7-8-17-18(11-14)30-22(24-19(25)12-29-16-5-3-2-4-6-16)20(17)21(26)23-15-9-10-31(27,28)13-15/h2-6,14-15H,7-13H2,1H3,(H,23,26)(H,24,25)/t14-,15-/m0/s1. The highest BCUT2D eigenvalue weighted by Crippen LogP contribution is 2.39. The van der Waals surface area contributed by atoms with Crippen LogP contribution in [0.3, 0.4) is 0 Å². The topological polar surface area (TPSA) is 102 Å². The third-order valence-corrected chi connectivity index (χ3v) is 8.61. The van der Waals surface area contributed by atoms with Gasteiger partial charge >= 0.3 is 0 Å².